The smallest absolute Gasteiger partial charge is 0.338 e. The molecular formula is C21H34N2O6. The number of anilines is 1. The molecule has 0 saturated heterocycles. The van der Waals surface area contributed by atoms with Gasteiger partial charge in [0.05, 0.1) is 50.7 Å². The van der Waals surface area contributed by atoms with E-state index in [9.17, 15) is 14.7 Å². The van der Waals surface area contributed by atoms with E-state index < -0.39 is 6.10 Å². The van der Waals surface area contributed by atoms with Gasteiger partial charge in [0.25, 0.3) is 0 Å². The summed E-state index contributed by atoms with van der Waals surface area (Å²) in [6.07, 6.45) is 1.12. The number of esters is 1. The van der Waals surface area contributed by atoms with Gasteiger partial charge in [0.2, 0.25) is 0 Å². The molecule has 29 heavy (non-hydrogen) atoms. The number of aliphatic hydroxyl groups excluding tert-OH is 1. The van der Waals surface area contributed by atoms with E-state index in [1.165, 1.54) is 4.90 Å². The number of amides is 2. The molecule has 2 amide bonds. The Kier molecular flexibility index (Phi) is 11.9. The number of nitrogens with one attached hydrogen (secondary N) is 1. The molecule has 1 aromatic carbocycles. The second-order valence-electron chi connectivity index (χ2n) is 7.03. The van der Waals surface area contributed by atoms with Gasteiger partial charge < -0.3 is 29.5 Å². The van der Waals surface area contributed by atoms with Crippen LogP contribution >= 0.6 is 0 Å². The predicted molar refractivity (Wildman–Crippen MR) is 111 cm³/mol. The van der Waals surface area contributed by atoms with Gasteiger partial charge in [0.15, 0.2) is 0 Å². The van der Waals surface area contributed by atoms with Gasteiger partial charge >= 0.3 is 12.0 Å². The van der Waals surface area contributed by atoms with Crippen LogP contribution in [0.2, 0.25) is 0 Å². The maximum Gasteiger partial charge on any atom is 0.338 e. The lowest BCUT2D eigenvalue weighted by atomic mass is 10.2. The molecule has 0 aliphatic carbocycles. The van der Waals surface area contributed by atoms with Gasteiger partial charge in [-0.2, -0.15) is 0 Å². The first-order valence-electron chi connectivity index (χ1n) is 10.00. The molecule has 0 radical (unpaired) electrons. The third kappa shape index (κ3) is 10.8. The van der Waals surface area contributed by atoms with Crippen molar-refractivity contribution in [2.24, 2.45) is 0 Å². The van der Waals surface area contributed by atoms with Crippen molar-refractivity contribution in [2.45, 2.75) is 45.8 Å². The molecule has 0 heterocycles. The fourth-order valence-corrected chi connectivity index (χ4v) is 2.31. The van der Waals surface area contributed by atoms with Crippen molar-refractivity contribution in [3.8, 4) is 0 Å². The Balaban J connectivity index is 2.35. The van der Waals surface area contributed by atoms with E-state index in [-0.39, 0.29) is 31.3 Å². The minimum absolute atomic E-state index is 0.119. The molecule has 0 aliphatic rings. The molecule has 0 bridgehead atoms. The lowest BCUT2D eigenvalue weighted by Gasteiger charge is -2.21. The zero-order valence-electron chi connectivity index (χ0n) is 17.8. The summed E-state index contributed by atoms with van der Waals surface area (Å²) in [7, 11) is 1.58. The van der Waals surface area contributed by atoms with Gasteiger partial charge in [-0.3, -0.25) is 0 Å². The summed E-state index contributed by atoms with van der Waals surface area (Å²) in [5, 5.41) is 12.7. The normalized spacial score (nSPS) is 11.9. The van der Waals surface area contributed by atoms with Crippen molar-refractivity contribution in [2.75, 3.05) is 45.3 Å². The van der Waals surface area contributed by atoms with E-state index in [2.05, 4.69) is 5.32 Å². The largest absolute Gasteiger partial charge is 0.462 e. The fourth-order valence-electron chi connectivity index (χ4n) is 2.31. The van der Waals surface area contributed by atoms with Crippen LogP contribution in [0.25, 0.3) is 0 Å². The average Bonchev–Trinajstić information content (AvgIpc) is 2.68. The van der Waals surface area contributed by atoms with Crippen LogP contribution in [-0.2, 0) is 14.2 Å². The van der Waals surface area contributed by atoms with E-state index in [4.69, 9.17) is 14.2 Å². The molecule has 8 nitrogen and oxygen atoms in total. The van der Waals surface area contributed by atoms with Crippen LogP contribution in [0, 0.1) is 0 Å². The van der Waals surface area contributed by atoms with Crippen LogP contribution in [0.4, 0.5) is 10.5 Å². The summed E-state index contributed by atoms with van der Waals surface area (Å²) in [5.74, 6) is -0.379. The number of hydrogen-bond donors (Lipinski definition) is 2. The lowest BCUT2D eigenvalue weighted by Crippen LogP contribution is -2.39. The molecule has 8 heteroatoms. The molecule has 0 aliphatic heterocycles. The topological polar surface area (TPSA) is 97.3 Å². The second-order valence-corrected chi connectivity index (χ2v) is 7.03. The number of carbonyl (C=O) groups is 2. The van der Waals surface area contributed by atoms with Crippen LogP contribution in [0.15, 0.2) is 24.3 Å². The summed E-state index contributed by atoms with van der Waals surface area (Å²) in [6.45, 7) is 7.39. The first kappa shape index (κ1) is 24.9. The molecule has 1 unspecified atom stereocenters. The van der Waals surface area contributed by atoms with E-state index in [0.29, 0.717) is 31.1 Å². The van der Waals surface area contributed by atoms with Crippen LogP contribution in [0.3, 0.4) is 0 Å². The molecule has 0 aromatic heterocycles. The molecule has 0 saturated carbocycles. The van der Waals surface area contributed by atoms with E-state index in [1.54, 1.807) is 31.3 Å². The number of hydrogen-bond acceptors (Lipinski definition) is 6. The highest BCUT2D eigenvalue weighted by Gasteiger charge is 2.14. The molecule has 1 rings (SSSR count). The Morgan fingerprint density at radius 2 is 1.83 bits per heavy atom. The fraction of sp³-hybridized carbons (Fsp3) is 0.619. The Morgan fingerprint density at radius 3 is 2.45 bits per heavy atom. The minimum Gasteiger partial charge on any atom is -0.462 e. The molecule has 0 fully saturated rings. The van der Waals surface area contributed by atoms with E-state index in [1.807, 2.05) is 20.8 Å². The Bertz CT molecular complexity index is 606. The quantitative estimate of drug-likeness (QED) is 0.383. The van der Waals surface area contributed by atoms with E-state index >= 15 is 0 Å². The van der Waals surface area contributed by atoms with E-state index in [0.717, 1.165) is 12.8 Å². The van der Waals surface area contributed by atoms with Crippen LogP contribution in [0.1, 0.15) is 44.0 Å². The van der Waals surface area contributed by atoms with Gasteiger partial charge in [0, 0.05) is 12.7 Å². The number of nitrogens with zero attached hydrogens (tertiary/aromatic N) is 1. The van der Waals surface area contributed by atoms with Gasteiger partial charge in [-0.05, 0) is 44.5 Å². The molecule has 0 spiro atoms. The van der Waals surface area contributed by atoms with Crippen molar-refractivity contribution >= 4 is 17.7 Å². The van der Waals surface area contributed by atoms with Gasteiger partial charge in [-0.1, -0.05) is 13.3 Å². The molecule has 2 N–H and O–H groups in total. The monoisotopic (exact) mass is 410 g/mol. The number of benzene rings is 1. The van der Waals surface area contributed by atoms with Gasteiger partial charge in [-0.15, -0.1) is 0 Å². The Labute approximate surface area is 173 Å². The number of likely N-dealkylation sites (N-methyl/N-ethyl adjacent to an activating group) is 1. The lowest BCUT2D eigenvalue weighted by molar-refractivity contribution is -0.0144. The zero-order chi connectivity index (χ0) is 21.6. The van der Waals surface area contributed by atoms with Crippen molar-refractivity contribution in [1.82, 2.24) is 4.90 Å². The van der Waals surface area contributed by atoms with Crippen LogP contribution < -0.4 is 5.32 Å². The van der Waals surface area contributed by atoms with Crippen molar-refractivity contribution in [3.05, 3.63) is 29.8 Å². The summed E-state index contributed by atoms with van der Waals surface area (Å²) >= 11 is 0. The molecule has 1 atom stereocenters. The number of carbonyl (C=O) groups excluding carboxylic acids is 2. The summed E-state index contributed by atoms with van der Waals surface area (Å²) in [4.78, 5) is 25.5. The van der Waals surface area contributed by atoms with Crippen LogP contribution in [-0.4, -0.2) is 74.2 Å². The minimum atomic E-state index is -0.801. The maximum absolute atomic E-state index is 12.2. The van der Waals surface area contributed by atoms with Crippen LogP contribution in [0.5, 0.6) is 0 Å². The zero-order valence-corrected chi connectivity index (χ0v) is 17.8. The number of ether oxygens (including phenoxy) is 3. The third-order valence-corrected chi connectivity index (χ3v) is 3.92. The van der Waals surface area contributed by atoms with Gasteiger partial charge in [0.1, 0.15) is 0 Å². The number of urea groups is 1. The molecule has 1 aromatic rings. The standard InChI is InChI=1S/C21H34N2O6/c1-5-6-11-29-20(25)17-7-9-18(10-8-17)22-21(26)23(4)14-19(24)15-27-12-13-28-16(2)3/h7-10,16,19,24H,5-6,11-15H2,1-4H3,(H,22,26). The first-order valence-corrected chi connectivity index (χ1v) is 10.00. The predicted octanol–water partition coefficient (Wildman–Crippen LogP) is 2.91. The highest BCUT2D eigenvalue weighted by atomic mass is 16.5. The highest BCUT2D eigenvalue weighted by Crippen LogP contribution is 2.11. The number of unbranched alkanes of at least 4 members (excludes halogenated alkanes) is 1. The average molecular weight is 411 g/mol. The second kappa shape index (κ2) is 13.9. The van der Waals surface area contributed by atoms with Crippen molar-refractivity contribution in [3.63, 3.8) is 0 Å². The Morgan fingerprint density at radius 1 is 1.14 bits per heavy atom. The third-order valence-electron chi connectivity index (χ3n) is 3.92. The molecule has 164 valence electrons. The molecular weight excluding hydrogens is 376 g/mol. The van der Waals surface area contributed by atoms with Crippen molar-refractivity contribution < 1.29 is 28.9 Å². The first-order chi connectivity index (χ1) is 13.8. The summed E-state index contributed by atoms with van der Waals surface area (Å²) in [6, 6.07) is 6.11. The number of rotatable bonds is 13. The maximum atomic E-state index is 12.2. The SMILES string of the molecule is CCCCOC(=O)c1ccc(NC(=O)N(C)CC(O)COCCOC(C)C)cc1. The summed E-state index contributed by atoms with van der Waals surface area (Å²) < 4.78 is 15.8. The number of aliphatic hydroxyl groups is 1. The summed E-state index contributed by atoms with van der Waals surface area (Å²) in [5.41, 5.74) is 0.977. The van der Waals surface area contributed by atoms with Gasteiger partial charge in [-0.25, -0.2) is 9.59 Å². The van der Waals surface area contributed by atoms with Crippen molar-refractivity contribution in [1.29, 1.82) is 0 Å². The highest BCUT2D eigenvalue weighted by molar-refractivity contribution is 5.92. The Hall–Kier alpha value is -2.16.